The second kappa shape index (κ2) is 7.34. The number of fused-ring (bicyclic) bond motifs is 3. The molecule has 0 atom stereocenters. The molecule has 0 saturated heterocycles. The van der Waals surface area contributed by atoms with Gasteiger partial charge in [0.1, 0.15) is 29.3 Å². The summed E-state index contributed by atoms with van der Waals surface area (Å²) >= 11 is 1.49. The highest BCUT2D eigenvalue weighted by Crippen LogP contribution is 2.43. The molecular formula is C22H14F2N6OS. The summed E-state index contributed by atoms with van der Waals surface area (Å²) in [6.07, 6.45) is 5.55. The highest BCUT2D eigenvalue weighted by Gasteiger charge is 2.24. The van der Waals surface area contributed by atoms with Crippen molar-refractivity contribution >= 4 is 11.3 Å². The Bertz CT molecular complexity index is 1440. The van der Waals surface area contributed by atoms with E-state index in [1.165, 1.54) is 34.5 Å². The van der Waals surface area contributed by atoms with Crippen LogP contribution in [0.3, 0.4) is 0 Å². The van der Waals surface area contributed by atoms with E-state index in [1.807, 2.05) is 18.2 Å². The van der Waals surface area contributed by atoms with E-state index in [0.717, 1.165) is 38.3 Å². The van der Waals surface area contributed by atoms with Crippen molar-refractivity contribution in [2.24, 2.45) is 0 Å². The SMILES string of the molecule is Fc1ccc(-n2ncnc2-c2cc3c(s2)-c2nc(-c4cn[nH]c4)ccc2OCC3)c(F)c1. The number of thiophene rings is 1. The van der Waals surface area contributed by atoms with E-state index < -0.39 is 11.6 Å². The van der Waals surface area contributed by atoms with E-state index >= 15 is 0 Å². The van der Waals surface area contributed by atoms with Gasteiger partial charge in [-0.05, 0) is 35.9 Å². The molecule has 0 fully saturated rings. The van der Waals surface area contributed by atoms with Crippen LogP contribution < -0.4 is 4.74 Å². The molecule has 1 aliphatic heterocycles. The number of pyridine rings is 1. The standard InChI is InChI=1S/C22H14F2N6OS/c23-14-1-3-17(15(24)8-14)30-22(25-11-28-30)19-7-12-5-6-31-18-4-2-16(13-9-26-27-10-13)29-20(18)21(12)32-19/h1-4,7-11H,5-6H2,(H,26,27). The first-order valence-electron chi connectivity index (χ1n) is 9.79. The zero-order valence-corrected chi connectivity index (χ0v) is 17.2. The highest BCUT2D eigenvalue weighted by atomic mass is 32.1. The lowest BCUT2D eigenvalue weighted by atomic mass is 10.1. The molecule has 0 aliphatic carbocycles. The predicted molar refractivity (Wildman–Crippen MR) is 115 cm³/mol. The van der Waals surface area contributed by atoms with Crippen LogP contribution in [0.2, 0.25) is 0 Å². The second-order valence-corrected chi connectivity index (χ2v) is 8.24. The zero-order valence-electron chi connectivity index (χ0n) is 16.4. The van der Waals surface area contributed by atoms with E-state index in [2.05, 4.69) is 20.3 Å². The van der Waals surface area contributed by atoms with Crippen LogP contribution in [0.4, 0.5) is 8.78 Å². The number of H-pyrrole nitrogens is 1. The number of hydrogen-bond acceptors (Lipinski definition) is 6. The van der Waals surface area contributed by atoms with E-state index in [-0.39, 0.29) is 5.69 Å². The second-order valence-electron chi connectivity index (χ2n) is 7.18. The number of halogens is 2. The lowest BCUT2D eigenvalue weighted by Gasteiger charge is -2.08. The Morgan fingerprint density at radius 1 is 1.12 bits per heavy atom. The average Bonchev–Trinajstić information content (AvgIpc) is 3.53. The molecule has 6 rings (SSSR count). The molecule has 4 aromatic heterocycles. The first kappa shape index (κ1) is 18.8. The van der Waals surface area contributed by atoms with Gasteiger partial charge < -0.3 is 4.74 Å². The summed E-state index contributed by atoms with van der Waals surface area (Å²) in [5, 5.41) is 11.0. The van der Waals surface area contributed by atoms with Crippen LogP contribution >= 0.6 is 11.3 Å². The van der Waals surface area contributed by atoms with Crippen molar-refractivity contribution in [3.63, 3.8) is 0 Å². The van der Waals surface area contributed by atoms with E-state index in [1.54, 1.807) is 12.4 Å². The minimum absolute atomic E-state index is 0.131. The molecule has 0 saturated carbocycles. The Labute approximate surface area is 184 Å². The lowest BCUT2D eigenvalue weighted by Crippen LogP contribution is -2.02. The van der Waals surface area contributed by atoms with Gasteiger partial charge in [0.25, 0.3) is 0 Å². The van der Waals surface area contributed by atoms with E-state index in [4.69, 9.17) is 9.72 Å². The first-order chi connectivity index (χ1) is 15.7. The summed E-state index contributed by atoms with van der Waals surface area (Å²) in [4.78, 5) is 11.0. The van der Waals surface area contributed by atoms with Crippen LogP contribution in [0.15, 0.2) is 55.1 Å². The Hall–Kier alpha value is -3.92. The van der Waals surface area contributed by atoms with Crippen LogP contribution in [0, 0.1) is 11.6 Å². The van der Waals surface area contributed by atoms with Crippen LogP contribution in [0.25, 0.3) is 38.2 Å². The number of ether oxygens (including phenoxy) is 1. The number of nitrogens with zero attached hydrogens (tertiary/aromatic N) is 5. The number of nitrogens with one attached hydrogen (secondary N) is 1. The van der Waals surface area contributed by atoms with Gasteiger partial charge in [0.15, 0.2) is 11.6 Å². The van der Waals surface area contributed by atoms with Crippen molar-refractivity contribution in [1.29, 1.82) is 0 Å². The van der Waals surface area contributed by atoms with Gasteiger partial charge in [0.05, 0.1) is 28.3 Å². The Morgan fingerprint density at radius 3 is 2.91 bits per heavy atom. The van der Waals surface area contributed by atoms with Crippen molar-refractivity contribution in [3.05, 3.63) is 72.3 Å². The quantitative estimate of drug-likeness (QED) is 0.434. The molecule has 0 radical (unpaired) electrons. The van der Waals surface area contributed by atoms with Crippen LogP contribution in [-0.2, 0) is 6.42 Å². The maximum atomic E-state index is 14.4. The van der Waals surface area contributed by atoms with Crippen molar-refractivity contribution < 1.29 is 13.5 Å². The summed E-state index contributed by atoms with van der Waals surface area (Å²) in [7, 11) is 0. The van der Waals surface area contributed by atoms with Gasteiger partial charge in [0, 0.05) is 24.2 Å². The monoisotopic (exact) mass is 448 g/mol. The molecule has 1 aliphatic rings. The van der Waals surface area contributed by atoms with Gasteiger partial charge in [-0.3, -0.25) is 5.10 Å². The Morgan fingerprint density at radius 2 is 2.06 bits per heavy atom. The molecule has 0 unspecified atom stereocenters. The molecular weight excluding hydrogens is 434 g/mol. The Kier molecular flexibility index (Phi) is 4.32. The molecule has 32 heavy (non-hydrogen) atoms. The number of rotatable bonds is 3. The lowest BCUT2D eigenvalue weighted by molar-refractivity contribution is 0.325. The van der Waals surface area contributed by atoms with Gasteiger partial charge in [-0.1, -0.05) is 0 Å². The minimum Gasteiger partial charge on any atom is -0.491 e. The molecule has 1 aromatic carbocycles. The number of hydrogen-bond donors (Lipinski definition) is 1. The Balaban J connectivity index is 1.48. The minimum atomic E-state index is -0.708. The molecule has 10 heteroatoms. The van der Waals surface area contributed by atoms with Crippen molar-refractivity contribution in [2.45, 2.75) is 6.42 Å². The fourth-order valence-electron chi connectivity index (χ4n) is 3.71. The number of benzene rings is 1. The predicted octanol–water partition coefficient (Wildman–Crippen LogP) is 4.66. The van der Waals surface area contributed by atoms with Crippen molar-refractivity contribution in [1.82, 2.24) is 29.9 Å². The average molecular weight is 448 g/mol. The van der Waals surface area contributed by atoms with Gasteiger partial charge >= 0.3 is 0 Å². The summed E-state index contributed by atoms with van der Waals surface area (Å²) in [5.74, 6) is -0.177. The summed E-state index contributed by atoms with van der Waals surface area (Å²) in [6.45, 7) is 0.516. The molecule has 7 nitrogen and oxygen atoms in total. The maximum Gasteiger partial charge on any atom is 0.173 e. The molecule has 158 valence electrons. The van der Waals surface area contributed by atoms with Gasteiger partial charge in [-0.25, -0.2) is 23.4 Å². The smallest absolute Gasteiger partial charge is 0.173 e. The third-order valence-electron chi connectivity index (χ3n) is 5.21. The topological polar surface area (TPSA) is 81.5 Å². The number of aromatic nitrogens is 6. The zero-order chi connectivity index (χ0) is 21.7. The summed E-state index contributed by atoms with van der Waals surface area (Å²) in [5.41, 5.74) is 3.59. The molecule has 0 bridgehead atoms. The fourth-order valence-corrected chi connectivity index (χ4v) is 4.90. The fraction of sp³-hybridized carbons (Fsp3) is 0.0909. The van der Waals surface area contributed by atoms with Gasteiger partial charge in [-0.15, -0.1) is 11.3 Å². The maximum absolute atomic E-state index is 14.4. The van der Waals surface area contributed by atoms with Gasteiger partial charge in [0.2, 0.25) is 0 Å². The highest BCUT2D eigenvalue weighted by molar-refractivity contribution is 7.19. The summed E-state index contributed by atoms with van der Waals surface area (Å²) in [6, 6.07) is 9.20. The normalized spacial score (nSPS) is 12.7. The molecule has 1 N–H and O–H groups in total. The third kappa shape index (κ3) is 3.07. The van der Waals surface area contributed by atoms with Crippen molar-refractivity contribution in [3.8, 4) is 44.0 Å². The molecule has 5 aromatic rings. The van der Waals surface area contributed by atoms with Crippen LogP contribution in [0.5, 0.6) is 5.75 Å². The third-order valence-corrected chi connectivity index (χ3v) is 6.39. The molecule has 0 amide bonds. The van der Waals surface area contributed by atoms with Crippen molar-refractivity contribution in [2.75, 3.05) is 6.61 Å². The van der Waals surface area contributed by atoms with Crippen LogP contribution in [0.1, 0.15) is 5.56 Å². The molecule has 0 spiro atoms. The van der Waals surface area contributed by atoms with E-state index in [0.29, 0.717) is 24.6 Å². The van der Waals surface area contributed by atoms with Crippen LogP contribution in [-0.4, -0.2) is 36.6 Å². The van der Waals surface area contributed by atoms with E-state index in [9.17, 15) is 8.78 Å². The number of aromatic amines is 1. The summed E-state index contributed by atoms with van der Waals surface area (Å²) < 4.78 is 35.1. The molecule has 5 heterocycles. The van der Waals surface area contributed by atoms with Gasteiger partial charge in [-0.2, -0.15) is 10.2 Å². The largest absolute Gasteiger partial charge is 0.491 e. The first-order valence-corrected chi connectivity index (χ1v) is 10.6.